The van der Waals surface area contributed by atoms with Gasteiger partial charge >= 0.3 is 0 Å². The van der Waals surface area contributed by atoms with E-state index in [1.54, 1.807) is 6.08 Å². The Morgan fingerprint density at radius 3 is 2.60 bits per heavy atom. The van der Waals surface area contributed by atoms with Gasteiger partial charge in [0.15, 0.2) is 0 Å². The van der Waals surface area contributed by atoms with Crippen LogP contribution in [0.5, 0.6) is 0 Å². The molecule has 58 valence electrons. The second-order valence-electron chi connectivity index (χ2n) is 2.27. The van der Waals surface area contributed by atoms with Crippen LogP contribution in [0.15, 0.2) is 24.5 Å². The molecule has 0 amide bonds. The van der Waals surface area contributed by atoms with Crippen molar-refractivity contribution in [2.45, 2.75) is 32.6 Å². The lowest BCUT2D eigenvalue weighted by atomic mass is 10.2. The average Bonchev–Trinajstić information content (AvgIpc) is 1.97. The molecule has 0 saturated heterocycles. The standard InChI is InChI=1S/C9H16O/c1-2-3-4-5-6-7-8-9-10/h6-10H,2-5H2,1H3/b7-6-,9-8?. The third kappa shape index (κ3) is 7.28. The minimum absolute atomic E-state index is 1.05. The Labute approximate surface area is 63.1 Å². The van der Waals surface area contributed by atoms with Crippen LogP contribution in [0, 0.1) is 0 Å². The van der Waals surface area contributed by atoms with E-state index >= 15 is 0 Å². The fraction of sp³-hybridized carbons (Fsp3) is 0.556. The van der Waals surface area contributed by atoms with E-state index < -0.39 is 0 Å². The Bertz CT molecular complexity index is 103. The molecule has 0 fully saturated rings. The summed E-state index contributed by atoms with van der Waals surface area (Å²) in [4.78, 5) is 0. The van der Waals surface area contributed by atoms with E-state index in [2.05, 4.69) is 13.0 Å². The van der Waals surface area contributed by atoms with Gasteiger partial charge in [-0.3, -0.25) is 0 Å². The lowest BCUT2D eigenvalue weighted by Crippen LogP contribution is -1.69. The van der Waals surface area contributed by atoms with Crippen molar-refractivity contribution in [1.29, 1.82) is 0 Å². The predicted molar refractivity (Wildman–Crippen MR) is 45.1 cm³/mol. The lowest BCUT2D eigenvalue weighted by molar-refractivity contribution is 0.473. The molecular formula is C9H16O. The number of aliphatic hydroxyl groups excluding tert-OH is 1. The largest absolute Gasteiger partial charge is 0.516 e. The SMILES string of the molecule is CCCCC/C=C\C=CO. The summed E-state index contributed by atoms with van der Waals surface area (Å²) in [5.74, 6) is 0. The van der Waals surface area contributed by atoms with E-state index in [1.807, 2.05) is 6.08 Å². The molecule has 10 heavy (non-hydrogen) atoms. The van der Waals surface area contributed by atoms with Gasteiger partial charge in [0.25, 0.3) is 0 Å². The van der Waals surface area contributed by atoms with Gasteiger partial charge in [-0.25, -0.2) is 0 Å². The molecule has 0 aromatic rings. The first-order valence-electron chi connectivity index (χ1n) is 3.87. The summed E-state index contributed by atoms with van der Waals surface area (Å²) in [5.41, 5.74) is 0. The Kier molecular flexibility index (Phi) is 7.68. The molecule has 0 atom stereocenters. The predicted octanol–water partition coefficient (Wildman–Crippen LogP) is 3.19. The number of hydrogen-bond acceptors (Lipinski definition) is 1. The smallest absolute Gasteiger partial charge is 0.0791 e. The van der Waals surface area contributed by atoms with Crippen LogP contribution in [0.4, 0.5) is 0 Å². The fourth-order valence-electron chi connectivity index (χ4n) is 0.737. The second-order valence-corrected chi connectivity index (χ2v) is 2.27. The van der Waals surface area contributed by atoms with Crippen molar-refractivity contribution in [1.82, 2.24) is 0 Å². The van der Waals surface area contributed by atoms with Crippen LogP contribution >= 0.6 is 0 Å². The van der Waals surface area contributed by atoms with Crippen LogP contribution in [-0.4, -0.2) is 5.11 Å². The molecule has 0 unspecified atom stereocenters. The van der Waals surface area contributed by atoms with Crippen LogP contribution in [-0.2, 0) is 0 Å². The zero-order valence-electron chi connectivity index (χ0n) is 6.59. The molecule has 0 heterocycles. The highest BCUT2D eigenvalue weighted by atomic mass is 16.2. The molecule has 1 N–H and O–H groups in total. The first kappa shape index (κ1) is 9.28. The van der Waals surface area contributed by atoms with E-state index in [0.29, 0.717) is 0 Å². The highest BCUT2D eigenvalue weighted by molar-refractivity contribution is 4.98. The number of hydrogen-bond donors (Lipinski definition) is 1. The van der Waals surface area contributed by atoms with Crippen LogP contribution in [0.2, 0.25) is 0 Å². The van der Waals surface area contributed by atoms with E-state index in [0.717, 1.165) is 12.7 Å². The lowest BCUT2D eigenvalue weighted by Gasteiger charge is -1.89. The molecule has 0 rings (SSSR count). The molecule has 1 nitrogen and oxygen atoms in total. The Balaban J connectivity index is 3.02. The third-order valence-electron chi connectivity index (χ3n) is 1.31. The quantitative estimate of drug-likeness (QED) is 0.353. The van der Waals surface area contributed by atoms with Gasteiger partial charge in [-0.05, 0) is 18.9 Å². The van der Waals surface area contributed by atoms with Gasteiger partial charge in [-0.15, -0.1) is 0 Å². The first-order chi connectivity index (χ1) is 4.91. The Morgan fingerprint density at radius 1 is 1.20 bits per heavy atom. The Morgan fingerprint density at radius 2 is 2.00 bits per heavy atom. The third-order valence-corrected chi connectivity index (χ3v) is 1.31. The summed E-state index contributed by atoms with van der Waals surface area (Å²) in [6.45, 7) is 2.19. The molecule has 0 aliphatic carbocycles. The molecule has 0 aliphatic heterocycles. The summed E-state index contributed by atoms with van der Waals surface area (Å²) in [6, 6.07) is 0. The molecule has 0 spiro atoms. The number of rotatable bonds is 5. The van der Waals surface area contributed by atoms with Crippen LogP contribution in [0.25, 0.3) is 0 Å². The number of aliphatic hydroxyl groups is 1. The van der Waals surface area contributed by atoms with E-state index in [-0.39, 0.29) is 0 Å². The minimum atomic E-state index is 1.05. The molecular weight excluding hydrogens is 124 g/mol. The zero-order chi connectivity index (χ0) is 7.66. The molecule has 0 aliphatic rings. The molecule has 0 radical (unpaired) electrons. The maximum absolute atomic E-state index is 8.24. The molecule has 1 heteroatoms. The van der Waals surface area contributed by atoms with Crippen molar-refractivity contribution in [3.05, 3.63) is 24.5 Å². The van der Waals surface area contributed by atoms with Gasteiger partial charge in [-0.2, -0.15) is 0 Å². The maximum atomic E-state index is 8.24. The van der Waals surface area contributed by atoms with Crippen molar-refractivity contribution >= 4 is 0 Å². The Hall–Kier alpha value is -0.720. The van der Waals surface area contributed by atoms with Crippen molar-refractivity contribution in [2.75, 3.05) is 0 Å². The van der Waals surface area contributed by atoms with Gasteiger partial charge in [-0.1, -0.05) is 31.9 Å². The molecule has 0 bridgehead atoms. The molecule has 0 aromatic heterocycles. The summed E-state index contributed by atoms with van der Waals surface area (Å²) in [7, 11) is 0. The fourth-order valence-corrected chi connectivity index (χ4v) is 0.737. The van der Waals surface area contributed by atoms with Crippen molar-refractivity contribution in [3.63, 3.8) is 0 Å². The summed E-state index contributed by atoms with van der Waals surface area (Å²) in [6.07, 6.45) is 11.6. The van der Waals surface area contributed by atoms with Crippen molar-refractivity contribution < 1.29 is 5.11 Å². The summed E-state index contributed by atoms with van der Waals surface area (Å²) < 4.78 is 0. The zero-order valence-corrected chi connectivity index (χ0v) is 6.59. The van der Waals surface area contributed by atoms with E-state index in [9.17, 15) is 0 Å². The molecule has 0 saturated carbocycles. The van der Waals surface area contributed by atoms with E-state index in [4.69, 9.17) is 5.11 Å². The number of allylic oxidation sites excluding steroid dienone is 3. The topological polar surface area (TPSA) is 20.2 Å². The average molecular weight is 140 g/mol. The van der Waals surface area contributed by atoms with Gasteiger partial charge in [0.05, 0.1) is 6.26 Å². The minimum Gasteiger partial charge on any atom is -0.516 e. The first-order valence-corrected chi connectivity index (χ1v) is 3.87. The van der Waals surface area contributed by atoms with Crippen LogP contribution < -0.4 is 0 Å². The molecule has 0 aromatic carbocycles. The van der Waals surface area contributed by atoms with Gasteiger partial charge in [0, 0.05) is 0 Å². The van der Waals surface area contributed by atoms with Crippen molar-refractivity contribution in [3.8, 4) is 0 Å². The van der Waals surface area contributed by atoms with Crippen molar-refractivity contribution in [2.24, 2.45) is 0 Å². The highest BCUT2D eigenvalue weighted by Gasteiger charge is 1.79. The van der Waals surface area contributed by atoms with Gasteiger partial charge < -0.3 is 5.11 Å². The maximum Gasteiger partial charge on any atom is 0.0791 e. The van der Waals surface area contributed by atoms with Gasteiger partial charge in [0.1, 0.15) is 0 Å². The highest BCUT2D eigenvalue weighted by Crippen LogP contribution is 1.99. The number of unbranched alkanes of at least 4 members (excludes halogenated alkanes) is 3. The summed E-state index contributed by atoms with van der Waals surface area (Å²) >= 11 is 0. The normalized spacial score (nSPS) is 11.7. The van der Waals surface area contributed by atoms with Crippen LogP contribution in [0.1, 0.15) is 32.6 Å². The monoisotopic (exact) mass is 140 g/mol. The second kappa shape index (κ2) is 8.28. The van der Waals surface area contributed by atoms with Crippen LogP contribution in [0.3, 0.4) is 0 Å². The van der Waals surface area contributed by atoms with E-state index in [1.165, 1.54) is 19.3 Å². The summed E-state index contributed by atoms with van der Waals surface area (Å²) in [5, 5.41) is 8.24. The van der Waals surface area contributed by atoms with Gasteiger partial charge in [0.2, 0.25) is 0 Å².